The Hall–Kier alpha value is -1.80. The summed E-state index contributed by atoms with van der Waals surface area (Å²) in [6.45, 7) is 5.54. The summed E-state index contributed by atoms with van der Waals surface area (Å²) in [4.78, 5) is 17.0. The van der Waals surface area contributed by atoms with E-state index in [2.05, 4.69) is 15.6 Å². The summed E-state index contributed by atoms with van der Waals surface area (Å²) in [5.41, 5.74) is 2.98. The van der Waals surface area contributed by atoms with E-state index in [0.29, 0.717) is 22.0 Å². The van der Waals surface area contributed by atoms with Crippen LogP contribution in [0.1, 0.15) is 42.6 Å². The van der Waals surface area contributed by atoms with E-state index in [4.69, 9.17) is 11.6 Å². The van der Waals surface area contributed by atoms with Crippen LogP contribution in [0.25, 0.3) is 0 Å². The molecule has 1 aromatic carbocycles. The Morgan fingerprint density at radius 3 is 2.86 bits per heavy atom. The fourth-order valence-corrected chi connectivity index (χ4v) is 4.76. The number of nitrogens with one attached hydrogen (secondary N) is 2. The van der Waals surface area contributed by atoms with Gasteiger partial charge in [0.2, 0.25) is 0 Å². The maximum Gasteiger partial charge on any atom is 0.255 e. The van der Waals surface area contributed by atoms with Gasteiger partial charge in [-0.25, -0.2) is 0 Å². The van der Waals surface area contributed by atoms with Crippen LogP contribution < -0.4 is 10.6 Å². The average molecular weight is 435 g/mol. The highest BCUT2D eigenvalue weighted by molar-refractivity contribution is 7.89. The van der Waals surface area contributed by atoms with Gasteiger partial charge in [0.1, 0.15) is 5.75 Å². The monoisotopic (exact) mass is 434 g/mol. The molecule has 1 aromatic heterocycles. The summed E-state index contributed by atoms with van der Waals surface area (Å²) in [5.74, 6) is 0.458. The minimum Gasteiger partial charge on any atom is -0.598 e. The zero-order valence-corrected chi connectivity index (χ0v) is 18.4. The normalized spacial score (nSPS) is 18.3. The maximum atomic E-state index is 12.7. The number of anilines is 2. The average Bonchev–Trinajstić information content (AvgIpc) is 2.73. The number of carbonyl (C=O) groups excluding carboxylic acids is 1. The number of rotatable bonds is 7. The number of amides is 1. The van der Waals surface area contributed by atoms with Gasteiger partial charge in [-0.15, -0.1) is 4.31 Å². The van der Waals surface area contributed by atoms with E-state index in [0.717, 1.165) is 43.6 Å². The third-order valence-corrected chi connectivity index (χ3v) is 6.62. The molecule has 2 unspecified atom stereocenters. The molecule has 6 nitrogen and oxygen atoms in total. The van der Waals surface area contributed by atoms with Gasteiger partial charge >= 0.3 is 0 Å². The topological polar surface area (TPSA) is 80.3 Å². The van der Waals surface area contributed by atoms with E-state index in [1.54, 1.807) is 24.5 Å². The van der Waals surface area contributed by atoms with Gasteiger partial charge in [-0.1, -0.05) is 18.5 Å². The van der Waals surface area contributed by atoms with Crippen molar-refractivity contribution in [1.29, 1.82) is 0 Å². The fourth-order valence-electron chi connectivity index (χ4n) is 3.53. The molecular formula is C21H27ClN4O2S. The van der Waals surface area contributed by atoms with E-state index >= 15 is 0 Å². The second-order valence-electron chi connectivity index (χ2n) is 7.05. The van der Waals surface area contributed by atoms with Gasteiger partial charge in [0.15, 0.2) is 0 Å². The van der Waals surface area contributed by atoms with Crippen molar-refractivity contribution >= 4 is 40.2 Å². The first-order valence-electron chi connectivity index (χ1n) is 9.95. The lowest BCUT2D eigenvalue weighted by Gasteiger charge is -2.33. The van der Waals surface area contributed by atoms with Crippen LogP contribution in [0.4, 0.5) is 11.4 Å². The maximum absolute atomic E-state index is 12.7. The zero-order valence-electron chi connectivity index (χ0n) is 16.8. The molecule has 8 heteroatoms. The summed E-state index contributed by atoms with van der Waals surface area (Å²) in [6.07, 6.45) is 6.11. The predicted molar refractivity (Wildman–Crippen MR) is 120 cm³/mol. The van der Waals surface area contributed by atoms with Crippen molar-refractivity contribution < 1.29 is 9.35 Å². The first-order valence-corrected chi connectivity index (χ1v) is 11.6. The molecule has 0 spiro atoms. The van der Waals surface area contributed by atoms with Crippen LogP contribution in [-0.4, -0.2) is 44.6 Å². The molecule has 29 heavy (non-hydrogen) atoms. The third-order valence-electron chi connectivity index (χ3n) is 4.98. The van der Waals surface area contributed by atoms with Crippen LogP contribution in [0.15, 0.2) is 36.7 Å². The van der Waals surface area contributed by atoms with Gasteiger partial charge in [0.05, 0.1) is 30.3 Å². The number of nitrogens with zero attached hydrogens (tertiary/aromatic N) is 2. The van der Waals surface area contributed by atoms with Crippen LogP contribution in [0.3, 0.4) is 0 Å². The quantitative estimate of drug-likeness (QED) is 0.641. The van der Waals surface area contributed by atoms with Crippen molar-refractivity contribution in [3.05, 3.63) is 52.8 Å². The lowest BCUT2D eigenvalue weighted by atomic mass is 10.0. The number of piperidine rings is 1. The Kier molecular flexibility index (Phi) is 7.77. The molecule has 0 radical (unpaired) electrons. The lowest BCUT2D eigenvalue weighted by Crippen LogP contribution is -2.45. The highest BCUT2D eigenvalue weighted by Gasteiger charge is 2.27. The molecule has 2 N–H and O–H groups in total. The van der Waals surface area contributed by atoms with Crippen molar-refractivity contribution in [2.75, 3.05) is 29.5 Å². The zero-order chi connectivity index (χ0) is 20.8. The van der Waals surface area contributed by atoms with Crippen molar-refractivity contribution in [1.82, 2.24) is 9.29 Å². The smallest absolute Gasteiger partial charge is 0.255 e. The molecule has 1 aliphatic rings. The Morgan fingerprint density at radius 1 is 1.31 bits per heavy atom. The number of hydrogen-bond donors (Lipinski definition) is 2. The molecule has 2 aromatic rings. The second kappa shape index (κ2) is 10.3. The van der Waals surface area contributed by atoms with Crippen LogP contribution in [0.5, 0.6) is 0 Å². The molecule has 1 amide bonds. The molecule has 2 atom stereocenters. The third kappa shape index (κ3) is 5.85. The molecule has 0 saturated carbocycles. The van der Waals surface area contributed by atoms with Gasteiger partial charge in [-0.05, 0) is 56.0 Å². The SMILES string of the molecule is CCc1cc(Cl)ccc1C(=O)Nc1cncc(NC2CCCN([S+]([O-])CC)C2)c1. The molecule has 0 bridgehead atoms. The Balaban J connectivity index is 1.66. The standard InChI is InChI=1S/C21H27ClN4O2S/c1-3-15-10-16(22)7-8-20(15)21(27)25-19-11-18(12-23-13-19)24-17-6-5-9-26(14-17)29(28)4-2/h7-8,10-13,17,24H,3-6,9,14H2,1-2H3,(H,25,27). The molecule has 1 aliphatic heterocycles. The summed E-state index contributed by atoms with van der Waals surface area (Å²) >= 11 is 5.12. The number of aryl methyl sites for hydroxylation is 1. The minimum atomic E-state index is -0.919. The summed E-state index contributed by atoms with van der Waals surface area (Å²) in [6, 6.07) is 7.37. The second-order valence-corrected chi connectivity index (χ2v) is 9.23. The number of aromatic nitrogens is 1. The highest BCUT2D eigenvalue weighted by atomic mass is 35.5. The van der Waals surface area contributed by atoms with E-state index in [1.165, 1.54) is 0 Å². The number of halogens is 1. The summed E-state index contributed by atoms with van der Waals surface area (Å²) < 4.78 is 14.1. The van der Waals surface area contributed by atoms with Crippen molar-refractivity contribution in [3.63, 3.8) is 0 Å². The van der Waals surface area contributed by atoms with Crippen molar-refractivity contribution in [3.8, 4) is 0 Å². The molecule has 2 heterocycles. The summed E-state index contributed by atoms with van der Waals surface area (Å²) in [5, 5.41) is 7.01. The van der Waals surface area contributed by atoms with Crippen molar-refractivity contribution in [2.45, 2.75) is 39.2 Å². The summed E-state index contributed by atoms with van der Waals surface area (Å²) in [7, 11) is 0. The van der Waals surface area contributed by atoms with Gasteiger partial charge in [-0.3, -0.25) is 9.78 Å². The van der Waals surface area contributed by atoms with E-state index in [9.17, 15) is 9.35 Å². The van der Waals surface area contributed by atoms with E-state index in [1.807, 2.05) is 30.3 Å². The van der Waals surface area contributed by atoms with Gasteiger partial charge in [0.25, 0.3) is 5.91 Å². The van der Waals surface area contributed by atoms with Crippen LogP contribution in [-0.2, 0) is 17.8 Å². The number of hydrogen-bond acceptors (Lipinski definition) is 5. The fraction of sp³-hybridized carbons (Fsp3) is 0.429. The first-order chi connectivity index (χ1) is 14.0. The minimum absolute atomic E-state index is 0.181. The van der Waals surface area contributed by atoms with Crippen LogP contribution >= 0.6 is 11.6 Å². The van der Waals surface area contributed by atoms with Gasteiger partial charge in [-0.2, -0.15) is 0 Å². The molecule has 3 rings (SSSR count). The molecule has 156 valence electrons. The number of benzene rings is 1. The predicted octanol–water partition coefficient (Wildman–Crippen LogP) is 4.11. The lowest BCUT2D eigenvalue weighted by molar-refractivity contribution is 0.102. The van der Waals surface area contributed by atoms with Gasteiger partial charge < -0.3 is 15.2 Å². The van der Waals surface area contributed by atoms with Crippen LogP contribution in [0.2, 0.25) is 5.02 Å². The largest absolute Gasteiger partial charge is 0.598 e. The number of carbonyl (C=O) groups is 1. The Bertz CT molecular complexity index is 851. The first kappa shape index (κ1) is 21.9. The molecule has 0 aliphatic carbocycles. The van der Waals surface area contributed by atoms with Crippen molar-refractivity contribution in [2.24, 2.45) is 0 Å². The highest BCUT2D eigenvalue weighted by Crippen LogP contribution is 2.22. The Labute approximate surface area is 180 Å². The molecule has 1 fully saturated rings. The van der Waals surface area contributed by atoms with Gasteiger partial charge in [0, 0.05) is 34.5 Å². The van der Waals surface area contributed by atoms with E-state index < -0.39 is 11.4 Å². The molecule has 1 saturated heterocycles. The number of pyridine rings is 1. The Morgan fingerprint density at radius 2 is 2.10 bits per heavy atom. The van der Waals surface area contributed by atoms with Crippen LogP contribution in [0, 0.1) is 0 Å². The van der Waals surface area contributed by atoms with E-state index in [-0.39, 0.29) is 11.9 Å². The molecular weight excluding hydrogens is 408 g/mol.